The van der Waals surface area contributed by atoms with E-state index in [0.29, 0.717) is 18.0 Å². The highest BCUT2D eigenvalue weighted by Gasteiger charge is 2.24. The zero-order valence-electron chi connectivity index (χ0n) is 19.3. The fraction of sp³-hybridized carbons (Fsp3) is 0.111. The van der Waals surface area contributed by atoms with E-state index in [1.807, 2.05) is 0 Å². The van der Waals surface area contributed by atoms with Gasteiger partial charge in [0.05, 0.1) is 23.7 Å². The van der Waals surface area contributed by atoms with Gasteiger partial charge in [-0.2, -0.15) is 0 Å². The number of rotatable bonds is 10. The number of anilines is 2. The van der Waals surface area contributed by atoms with Gasteiger partial charge in [-0.3, -0.25) is 9.10 Å². The van der Waals surface area contributed by atoms with Crippen molar-refractivity contribution in [2.75, 3.05) is 22.8 Å². The second-order valence-electron chi connectivity index (χ2n) is 7.35. The lowest BCUT2D eigenvalue weighted by Gasteiger charge is -2.23. The third-order valence-corrected chi connectivity index (χ3v) is 6.68. The smallest absolute Gasteiger partial charge is 0.330 e. The summed E-state index contributed by atoms with van der Waals surface area (Å²) in [5.74, 6) is -0.884. The molecular formula is C27H26N2O5S. The summed E-state index contributed by atoms with van der Waals surface area (Å²) in [4.78, 5) is 24.2. The van der Waals surface area contributed by atoms with Gasteiger partial charge in [0.2, 0.25) is 0 Å². The van der Waals surface area contributed by atoms with Crippen LogP contribution in [0, 0.1) is 0 Å². The molecule has 8 heteroatoms. The maximum Gasteiger partial charge on any atom is 0.330 e. The molecular weight excluding hydrogens is 464 g/mol. The lowest BCUT2D eigenvalue weighted by Crippen LogP contribution is -2.31. The molecule has 7 nitrogen and oxygen atoms in total. The predicted octanol–water partition coefficient (Wildman–Crippen LogP) is 4.90. The molecule has 0 unspecified atom stereocenters. The molecule has 3 aromatic rings. The third-order valence-electron chi connectivity index (χ3n) is 4.89. The number of hydrogen-bond donors (Lipinski definition) is 1. The maximum atomic E-state index is 13.4. The van der Waals surface area contributed by atoms with E-state index in [9.17, 15) is 18.0 Å². The predicted molar refractivity (Wildman–Crippen MR) is 138 cm³/mol. The van der Waals surface area contributed by atoms with Crippen molar-refractivity contribution in [3.8, 4) is 0 Å². The highest BCUT2D eigenvalue weighted by molar-refractivity contribution is 7.92. The molecule has 0 atom stereocenters. The maximum absolute atomic E-state index is 13.4. The molecule has 3 aromatic carbocycles. The Morgan fingerprint density at radius 2 is 1.71 bits per heavy atom. The van der Waals surface area contributed by atoms with Crippen LogP contribution in [0.2, 0.25) is 0 Å². The van der Waals surface area contributed by atoms with Crippen LogP contribution in [0.4, 0.5) is 11.4 Å². The number of carbonyl (C=O) groups excluding carboxylic acids is 2. The monoisotopic (exact) mass is 490 g/mol. The van der Waals surface area contributed by atoms with E-state index >= 15 is 0 Å². The lowest BCUT2D eigenvalue weighted by atomic mass is 10.1. The largest absolute Gasteiger partial charge is 0.463 e. The molecule has 1 amide bonds. The Hall–Kier alpha value is -4.17. The minimum absolute atomic E-state index is 0.00435. The summed E-state index contributed by atoms with van der Waals surface area (Å²) in [6.45, 7) is 5.78. The molecule has 0 aliphatic carbocycles. The molecule has 0 aliphatic heterocycles. The fourth-order valence-electron chi connectivity index (χ4n) is 3.21. The number of nitrogens with one attached hydrogen (secondary N) is 1. The van der Waals surface area contributed by atoms with Crippen molar-refractivity contribution in [2.24, 2.45) is 0 Å². The van der Waals surface area contributed by atoms with Crippen LogP contribution >= 0.6 is 0 Å². The quantitative estimate of drug-likeness (QED) is 0.248. The van der Waals surface area contributed by atoms with E-state index in [2.05, 4.69) is 11.9 Å². The topological polar surface area (TPSA) is 92.8 Å². The Kier molecular flexibility index (Phi) is 8.58. The van der Waals surface area contributed by atoms with Gasteiger partial charge < -0.3 is 10.1 Å². The average Bonchev–Trinajstić information content (AvgIpc) is 2.87. The summed E-state index contributed by atoms with van der Waals surface area (Å²) < 4.78 is 32.8. The van der Waals surface area contributed by atoms with E-state index in [1.54, 1.807) is 73.7 Å². The molecule has 0 aliphatic rings. The van der Waals surface area contributed by atoms with E-state index in [1.165, 1.54) is 34.7 Å². The number of esters is 1. The summed E-state index contributed by atoms with van der Waals surface area (Å²) in [6, 6.07) is 21.4. The molecule has 0 saturated carbocycles. The Morgan fingerprint density at radius 1 is 1.00 bits per heavy atom. The van der Waals surface area contributed by atoms with E-state index in [4.69, 9.17) is 4.74 Å². The van der Waals surface area contributed by atoms with Crippen LogP contribution in [0.5, 0.6) is 0 Å². The number of hydrogen-bond acceptors (Lipinski definition) is 5. The second-order valence-corrected chi connectivity index (χ2v) is 9.21. The van der Waals surface area contributed by atoms with Crippen molar-refractivity contribution in [3.05, 3.63) is 109 Å². The second kappa shape index (κ2) is 11.8. The molecule has 0 radical (unpaired) electrons. The van der Waals surface area contributed by atoms with Gasteiger partial charge in [-0.25, -0.2) is 13.2 Å². The fourth-order valence-corrected chi connectivity index (χ4v) is 4.70. The van der Waals surface area contributed by atoms with Gasteiger partial charge in [-0.15, -0.1) is 6.58 Å². The number of carbonyl (C=O) groups is 2. The minimum atomic E-state index is -3.93. The van der Waals surface area contributed by atoms with Crippen LogP contribution in [0.25, 0.3) is 6.08 Å². The number of ether oxygens (including phenoxy) is 1. The van der Waals surface area contributed by atoms with Gasteiger partial charge in [0, 0.05) is 17.3 Å². The Balaban J connectivity index is 1.77. The standard InChI is InChI=1S/C27H26N2O5S/c1-3-19-29(24-10-6-5-7-11-24)35(32,33)25-12-8-9-22(20-25)27(31)28-23-16-13-21(14-17-23)15-18-26(30)34-4-2/h3,5-18,20H,1,4,19H2,2H3,(H,28,31)/b18-15+. The number of benzene rings is 3. The minimum Gasteiger partial charge on any atom is -0.463 e. The van der Waals surface area contributed by atoms with Crippen LogP contribution in [0.15, 0.2) is 102 Å². The molecule has 0 fully saturated rings. The normalized spacial score (nSPS) is 11.1. The van der Waals surface area contributed by atoms with Crippen LogP contribution < -0.4 is 9.62 Å². The van der Waals surface area contributed by atoms with Crippen LogP contribution in [-0.2, 0) is 19.6 Å². The number of sulfonamides is 1. The molecule has 0 saturated heterocycles. The first-order valence-electron chi connectivity index (χ1n) is 10.9. The summed E-state index contributed by atoms with van der Waals surface area (Å²) >= 11 is 0. The lowest BCUT2D eigenvalue weighted by molar-refractivity contribution is -0.137. The first kappa shape index (κ1) is 25.5. The van der Waals surface area contributed by atoms with Gasteiger partial charge in [-0.05, 0) is 61.0 Å². The average molecular weight is 491 g/mol. The molecule has 0 aromatic heterocycles. The zero-order valence-corrected chi connectivity index (χ0v) is 20.1. The Morgan fingerprint density at radius 3 is 2.37 bits per heavy atom. The van der Waals surface area contributed by atoms with Crippen LogP contribution in [0.1, 0.15) is 22.8 Å². The summed E-state index contributed by atoms with van der Waals surface area (Å²) in [5, 5.41) is 2.76. The molecule has 180 valence electrons. The summed E-state index contributed by atoms with van der Waals surface area (Å²) in [6.07, 6.45) is 4.44. The first-order valence-corrected chi connectivity index (χ1v) is 12.3. The van der Waals surface area contributed by atoms with E-state index < -0.39 is 21.9 Å². The zero-order chi connectivity index (χ0) is 25.3. The van der Waals surface area contributed by atoms with Crippen molar-refractivity contribution in [1.82, 2.24) is 0 Å². The SMILES string of the molecule is C=CCN(c1ccccc1)S(=O)(=O)c1cccc(C(=O)Nc2ccc(/C=C/C(=O)OCC)cc2)c1. The third kappa shape index (κ3) is 6.68. The van der Waals surface area contributed by atoms with Crippen LogP contribution in [-0.4, -0.2) is 33.4 Å². The number of nitrogens with zero attached hydrogens (tertiary/aromatic N) is 1. The van der Waals surface area contributed by atoms with Gasteiger partial charge in [0.15, 0.2) is 0 Å². The Bertz CT molecular complexity index is 1320. The van der Waals surface area contributed by atoms with E-state index in [0.717, 1.165) is 5.56 Å². The van der Waals surface area contributed by atoms with Crippen molar-refractivity contribution < 1.29 is 22.7 Å². The number of para-hydroxylation sites is 1. The van der Waals surface area contributed by atoms with Gasteiger partial charge in [-0.1, -0.05) is 42.5 Å². The highest BCUT2D eigenvalue weighted by Crippen LogP contribution is 2.24. The molecule has 1 N–H and O–H groups in total. The van der Waals surface area contributed by atoms with Crippen LogP contribution in [0.3, 0.4) is 0 Å². The van der Waals surface area contributed by atoms with Gasteiger partial charge in [0.1, 0.15) is 0 Å². The van der Waals surface area contributed by atoms with Crippen molar-refractivity contribution in [2.45, 2.75) is 11.8 Å². The molecule has 0 bridgehead atoms. The number of amides is 1. The van der Waals surface area contributed by atoms with Crippen molar-refractivity contribution >= 4 is 39.4 Å². The molecule has 35 heavy (non-hydrogen) atoms. The summed E-state index contributed by atoms with van der Waals surface area (Å²) in [5.41, 5.74) is 1.98. The molecule has 0 heterocycles. The van der Waals surface area contributed by atoms with Crippen molar-refractivity contribution in [1.29, 1.82) is 0 Å². The van der Waals surface area contributed by atoms with E-state index in [-0.39, 0.29) is 17.0 Å². The highest BCUT2D eigenvalue weighted by atomic mass is 32.2. The molecule has 3 rings (SSSR count). The molecule has 0 spiro atoms. The Labute approximate surface area is 205 Å². The van der Waals surface area contributed by atoms with Gasteiger partial charge in [0.25, 0.3) is 15.9 Å². The van der Waals surface area contributed by atoms with Gasteiger partial charge >= 0.3 is 5.97 Å². The van der Waals surface area contributed by atoms with Crippen molar-refractivity contribution in [3.63, 3.8) is 0 Å². The first-order chi connectivity index (χ1) is 16.8. The summed E-state index contributed by atoms with van der Waals surface area (Å²) in [7, 11) is -3.93.